The smallest absolute Gasteiger partial charge is 0.133 e. The number of hydrogen-bond acceptors (Lipinski definition) is 3. The van der Waals surface area contributed by atoms with Gasteiger partial charge in [0.25, 0.3) is 0 Å². The van der Waals surface area contributed by atoms with Gasteiger partial charge in [0.2, 0.25) is 0 Å². The van der Waals surface area contributed by atoms with Gasteiger partial charge in [-0.15, -0.1) is 11.3 Å². The molecule has 1 aliphatic rings. The number of halogens is 2. The molecule has 2 heterocycles. The molecular weight excluding hydrogens is 307 g/mol. The van der Waals surface area contributed by atoms with Crippen LogP contribution in [0.25, 0.3) is 0 Å². The van der Waals surface area contributed by atoms with E-state index in [0.717, 1.165) is 11.1 Å². The molecule has 0 saturated carbocycles. The molecule has 1 aliphatic heterocycles. The Morgan fingerprint density at radius 3 is 2.57 bits per heavy atom. The van der Waals surface area contributed by atoms with E-state index in [9.17, 15) is 4.39 Å². The number of nitrogens with one attached hydrogen (secondary N) is 1. The van der Waals surface area contributed by atoms with Gasteiger partial charge in [-0.2, -0.15) is 0 Å². The Morgan fingerprint density at radius 1 is 1.24 bits per heavy atom. The first-order chi connectivity index (χ1) is 10.0. The van der Waals surface area contributed by atoms with E-state index in [-0.39, 0.29) is 11.9 Å². The van der Waals surface area contributed by atoms with E-state index in [1.165, 1.54) is 21.9 Å². The van der Waals surface area contributed by atoms with Gasteiger partial charge in [0.15, 0.2) is 0 Å². The van der Waals surface area contributed by atoms with Gasteiger partial charge in [-0.1, -0.05) is 11.6 Å². The predicted octanol–water partition coefficient (Wildman–Crippen LogP) is 4.68. The topological polar surface area (TPSA) is 24.4 Å². The molecule has 1 aromatic carbocycles. The van der Waals surface area contributed by atoms with Crippen LogP contribution in [0.4, 0.5) is 4.39 Å². The minimum Gasteiger partial charge on any atom is -0.345 e. The van der Waals surface area contributed by atoms with Gasteiger partial charge >= 0.3 is 0 Å². The van der Waals surface area contributed by atoms with E-state index in [0.29, 0.717) is 10.9 Å². The highest BCUT2D eigenvalue weighted by atomic mass is 35.5. The van der Waals surface area contributed by atoms with E-state index in [4.69, 9.17) is 16.6 Å². The molecule has 0 radical (unpaired) electrons. The van der Waals surface area contributed by atoms with E-state index >= 15 is 0 Å². The summed E-state index contributed by atoms with van der Waals surface area (Å²) in [5.41, 5.74) is 1.96. The molecule has 0 amide bonds. The molecule has 2 aromatic rings. The lowest BCUT2D eigenvalue weighted by Gasteiger charge is -2.20. The van der Waals surface area contributed by atoms with Gasteiger partial charge < -0.3 is 5.32 Å². The zero-order valence-electron chi connectivity index (χ0n) is 11.7. The number of thiophene rings is 1. The number of nitrogens with zero attached hydrogens (tertiary/aromatic N) is 1. The summed E-state index contributed by atoms with van der Waals surface area (Å²) in [6, 6.07) is 8.19. The largest absolute Gasteiger partial charge is 0.345 e. The number of hydrogen-bond donors (Lipinski definition) is 1. The van der Waals surface area contributed by atoms with Crippen molar-refractivity contribution in [2.45, 2.75) is 19.9 Å². The number of aryl methyl sites for hydroxylation is 2. The molecule has 0 aliphatic carbocycles. The Bertz CT molecular complexity index is 731. The van der Waals surface area contributed by atoms with Crippen LogP contribution in [0.5, 0.6) is 0 Å². The molecule has 1 unspecified atom stereocenters. The van der Waals surface area contributed by atoms with Gasteiger partial charge in [-0.3, -0.25) is 4.99 Å². The fraction of sp³-hybridized carbons (Fsp3) is 0.188. The summed E-state index contributed by atoms with van der Waals surface area (Å²) in [5.74, 6) is 0.442. The van der Waals surface area contributed by atoms with Gasteiger partial charge in [-0.05, 0) is 49.7 Å². The zero-order valence-corrected chi connectivity index (χ0v) is 13.2. The van der Waals surface area contributed by atoms with Crippen molar-refractivity contribution in [3.05, 3.63) is 68.3 Å². The molecule has 108 valence electrons. The molecule has 0 saturated heterocycles. The van der Waals surface area contributed by atoms with Crippen molar-refractivity contribution in [3.63, 3.8) is 0 Å². The predicted molar refractivity (Wildman–Crippen MR) is 86.5 cm³/mol. The van der Waals surface area contributed by atoms with Crippen LogP contribution >= 0.6 is 22.9 Å². The lowest BCUT2D eigenvalue weighted by Crippen LogP contribution is -2.24. The van der Waals surface area contributed by atoms with Crippen LogP contribution in [0.1, 0.15) is 26.9 Å². The Morgan fingerprint density at radius 2 is 1.95 bits per heavy atom. The summed E-state index contributed by atoms with van der Waals surface area (Å²) in [6.45, 7) is 4.15. The Kier molecular flexibility index (Phi) is 3.83. The number of amidine groups is 1. The van der Waals surface area contributed by atoms with Crippen LogP contribution in [0, 0.1) is 19.7 Å². The number of rotatable bonds is 2. The molecule has 0 spiro atoms. The van der Waals surface area contributed by atoms with Gasteiger partial charge in [-0.25, -0.2) is 4.39 Å². The first-order valence-electron chi connectivity index (χ1n) is 6.57. The fourth-order valence-electron chi connectivity index (χ4n) is 2.35. The second-order valence-electron chi connectivity index (χ2n) is 4.93. The van der Waals surface area contributed by atoms with Crippen molar-refractivity contribution in [2.24, 2.45) is 4.99 Å². The third-order valence-corrected chi connectivity index (χ3v) is 4.66. The quantitative estimate of drug-likeness (QED) is 0.854. The molecule has 5 heteroatoms. The maximum absolute atomic E-state index is 13.0. The average Bonchev–Trinajstić information content (AvgIpc) is 2.79. The minimum atomic E-state index is -0.260. The highest BCUT2D eigenvalue weighted by Gasteiger charge is 2.22. The lowest BCUT2D eigenvalue weighted by molar-refractivity contribution is 0.627. The van der Waals surface area contributed by atoms with Crippen LogP contribution in [-0.2, 0) is 0 Å². The van der Waals surface area contributed by atoms with Crippen LogP contribution in [0.3, 0.4) is 0 Å². The Hall–Kier alpha value is -1.65. The van der Waals surface area contributed by atoms with Crippen LogP contribution in [0.2, 0.25) is 0 Å². The fourth-order valence-corrected chi connectivity index (χ4v) is 3.53. The van der Waals surface area contributed by atoms with Crippen molar-refractivity contribution < 1.29 is 4.39 Å². The Labute approximate surface area is 132 Å². The monoisotopic (exact) mass is 320 g/mol. The molecular formula is C16H14ClFN2S. The summed E-state index contributed by atoms with van der Waals surface area (Å²) < 4.78 is 13.0. The van der Waals surface area contributed by atoms with Crippen molar-refractivity contribution >= 4 is 28.8 Å². The molecule has 3 rings (SSSR count). The zero-order chi connectivity index (χ0) is 15.0. The van der Waals surface area contributed by atoms with Crippen LogP contribution in [-0.4, -0.2) is 5.84 Å². The number of benzene rings is 1. The van der Waals surface area contributed by atoms with Crippen molar-refractivity contribution in [2.75, 3.05) is 0 Å². The van der Waals surface area contributed by atoms with E-state index in [1.807, 2.05) is 0 Å². The maximum atomic E-state index is 13.0. The Balaban J connectivity index is 1.99. The van der Waals surface area contributed by atoms with E-state index in [1.54, 1.807) is 29.7 Å². The standard InChI is InChI=1S/C16H14ClFN2S/c1-9-7-13(10(2)21-9)15-14(17)8-19-16(20-15)11-3-5-12(18)6-4-11/h3-8,15H,1-2H3,(H,19,20). The summed E-state index contributed by atoms with van der Waals surface area (Å²) in [6.07, 6.45) is 1.75. The molecule has 1 N–H and O–H groups in total. The average molecular weight is 321 g/mol. The highest BCUT2D eigenvalue weighted by Crippen LogP contribution is 2.36. The SMILES string of the molecule is Cc1cc(C2N=C(c3ccc(F)cc3)NC=C2Cl)c(C)s1. The summed E-state index contributed by atoms with van der Waals surface area (Å²) >= 11 is 8.05. The van der Waals surface area contributed by atoms with Crippen LogP contribution in [0.15, 0.2) is 46.6 Å². The lowest BCUT2D eigenvalue weighted by atomic mass is 10.1. The first-order valence-corrected chi connectivity index (χ1v) is 7.77. The summed E-state index contributed by atoms with van der Waals surface area (Å²) in [7, 11) is 0. The molecule has 0 bridgehead atoms. The molecule has 1 atom stereocenters. The van der Waals surface area contributed by atoms with Crippen molar-refractivity contribution in [3.8, 4) is 0 Å². The summed E-state index contributed by atoms with van der Waals surface area (Å²) in [5, 5.41) is 3.72. The third kappa shape index (κ3) is 2.87. The van der Waals surface area contributed by atoms with E-state index < -0.39 is 0 Å². The molecule has 21 heavy (non-hydrogen) atoms. The van der Waals surface area contributed by atoms with Gasteiger partial charge in [0, 0.05) is 21.5 Å². The molecule has 0 fully saturated rings. The molecule has 1 aromatic heterocycles. The van der Waals surface area contributed by atoms with Crippen LogP contribution < -0.4 is 5.32 Å². The van der Waals surface area contributed by atoms with Crippen molar-refractivity contribution in [1.29, 1.82) is 0 Å². The van der Waals surface area contributed by atoms with Crippen molar-refractivity contribution in [1.82, 2.24) is 5.32 Å². The highest BCUT2D eigenvalue weighted by molar-refractivity contribution is 7.12. The third-order valence-electron chi connectivity index (χ3n) is 3.36. The second kappa shape index (κ2) is 5.62. The van der Waals surface area contributed by atoms with Gasteiger partial charge in [0.1, 0.15) is 17.7 Å². The normalized spacial score (nSPS) is 18.0. The number of aliphatic imine (C=N–C) groups is 1. The summed E-state index contributed by atoms with van der Waals surface area (Å²) in [4.78, 5) is 7.15. The van der Waals surface area contributed by atoms with E-state index in [2.05, 4.69) is 25.2 Å². The maximum Gasteiger partial charge on any atom is 0.133 e. The first kappa shape index (κ1) is 14.3. The molecule has 2 nitrogen and oxygen atoms in total. The minimum absolute atomic E-state index is 0.196. The van der Waals surface area contributed by atoms with Gasteiger partial charge in [0.05, 0.1) is 5.03 Å². The second-order valence-corrected chi connectivity index (χ2v) is 6.83.